The van der Waals surface area contributed by atoms with Crippen molar-refractivity contribution in [1.82, 2.24) is 0 Å². The molecule has 0 spiro atoms. The zero-order valence-electron chi connectivity index (χ0n) is 16.3. The minimum Gasteiger partial charge on any atom is -0.321 e. The normalized spacial score (nSPS) is 12.4. The van der Waals surface area contributed by atoms with Gasteiger partial charge in [-0.15, -0.1) is 0 Å². The molecule has 0 fully saturated rings. The van der Waals surface area contributed by atoms with Crippen LogP contribution in [0.15, 0.2) is 63.2 Å². The fourth-order valence-corrected chi connectivity index (χ4v) is 4.90. The minimum absolute atomic E-state index is 0.303. The van der Waals surface area contributed by atoms with E-state index in [9.17, 15) is 53.8 Å². The van der Waals surface area contributed by atoms with Crippen molar-refractivity contribution in [3.8, 4) is 0 Å². The Labute approximate surface area is 191 Å². The van der Waals surface area contributed by atoms with Crippen molar-refractivity contribution >= 4 is 58.4 Å². The van der Waals surface area contributed by atoms with Crippen LogP contribution in [0.2, 0.25) is 0 Å². The number of hydrogen-bond donors (Lipinski definition) is 4. The van der Waals surface area contributed by atoms with Crippen molar-refractivity contribution < 1.29 is 48.6 Å². The highest BCUT2D eigenvalue weighted by molar-refractivity contribution is 7.87. The molecular weight excluding hydrogens is 520 g/mol. The van der Waals surface area contributed by atoms with Crippen molar-refractivity contribution in [2.24, 2.45) is 0 Å². The molecule has 0 atom stereocenters. The smallest absolute Gasteiger partial charge is 0.295 e. The highest BCUT2D eigenvalue weighted by atomic mass is 32.2. The van der Waals surface area contributed by atoms with E-state index in [0.29, 0.717) is 24.3 Å². The number of benzene rings is 3. The topological polar surface area (TPSA) is 235 Å². The van der Waals surface area contributed by atoms with Gasteiger partial charge in [0.15, 0.2) is 0 Å². The lowest BCUT2D eigenvalue weighted by atomic mass is 10.1. The van der Waals surface area contributed by atoms with Crippen LogP contribution in [0.3, 0.4) is 0 Å². The van der Waals surface area contributed by atoms with Gasteiger partial charge < -0.3 is 5.32 Å². The number of nitrogens with zero attached hydrogens (tertiary/aromatic N) is 1. The number of amides is 1. The van der Waals surface area contributed by atoms with Gasteiger partial charge in [0.2, 0.25) is 0 Å². The van der Waals surface area contributed by atoms with E-state index in [2.05, 4.69) is 5.32 Å². The zero-order chi connectivity index (χ0) is 25.6. The third kappa shape index (κ3) is 5.19. The summed E-state index contributed by atoms with van der Waals surface area (Å²) in [6, 6.07) is 6.52. The molecule has 3 aromatic rings. The third-order valence-corrected chi connectivity index (χ3v) is 6.94. The molecular formula is C17H12N2O12S3. The summed E-state index contributed by atoms with van der Waals surface area (Å²) in [7, 11) is -15.3. The van der Waals surface area contributed by atoms with Crippen molar-refractivity contribution in [2.75, 3.05) is 5.32 Å². The summed E-state index contributed by atoms with van der Waals surface area (Å²) in [5.41, 5.74) is -1.40. The molecule has 0 unspecified atom stereocenters. The first kappa shape index (κ1) is 25.1. The Bertz CT molecular complexity index is 1690. The van der Waals surface area contributed by atoms with Gasteiger partial charge in [0.05, 0.1) is 20.4 Å². The van der Waals surface area contributed by atoms with Crippen LogP contribution in [-0.2, 0) is 30.4 Å². The predicted octanol–water partition coefficient (Wildman–Crippen LogP) is 1.74. The summed E-state index contributed by atoms with van der Waals surface area (Å²) in [5.74, 6) is -1.09. The molecule has 34 heavy (non-hydrogen) atoms. The van der Waals surface area contributed by atoms with Crippen LogP contribution in [0.5, 0.6) is 0 Å². The monoisotopic (exact) mass is 532 g/mol. The second-order valence-corrected chi connectivity index (χ2v) is 10.9. The molecule has 0 saturated carbocycles. The van der Waals surface area contributed by atoms with E-state index in [4.69, 9.17) is 0 Å². The first-order chi connectivity index (χ1) is 15.5. The van der Waals surface area contributed by atoms with Crippen molar-refractivity contribution in [3.63, 3.8) is 0 Å². The lowest BCUT2D eigenvalue weighted by Crippen LogP contribution is -2.14. The largest absolute Gasteiger partial charge is 0.321 e. The first-order valence-corrected chi connectivity index (χ1v) is 12.9. The maximum Gasteiger partial charge on any atom is 0.295 e. The van der Waals surface area contributed by atoms with Crippen LogP contribution in [0.25, 0.3) is 10.8 Å². The highest BCUT2D eigenvalue weighted by Gasteiger charge is 2.25. The standard InChI is InChI=1S/C17H12N2O12S3/c20-17(9-2-1-3-11(4-9)19(21)22)18-14-7-12(32(23,24)25)5-10-6-13(33(26,27)28)8-15(16(10)14)34(29,30)31/h1-8H,(H,18,20)(H,23,24,25)(H,26,27,28)(H,29,30,31). The Balaban J connectivity index is 2.37. The Morgan fingerprint density at radius 2 is 1.38 bits per heavy atom. The molecule has 0 radical (unpaired) electrons. The Morgan fingerprint density at radius 1 is 0.824 bits per heavy atom. The summed E-state index contributed by atoms with van der Waals surface area (Å²) in [5, 5.41) is 12.0. The molecule has 14 nitrogen and oxygen atoms in total. The number of carbonyl (C=O) groups excluding carboxylic acids is 1. The van der Waals surface area contributed by atoms with Crippen molar-refractivity contribution in [1.29, 1.82) is 0 Å². The Morgan fingerprint density at radius 3 is 1.88 bits per heavy atom. The zero-order valence-corrected chi connectivity index (χ0v) is 18.8. The number of non-ortho nitro benzene ring substituents is 1. The van der Waals surface area contributed by atoms with Crippen LogP contribution < -0.4 is 5.32 Å². The van der Waals surface area contributed by atoms with Gasteiger partial charge in [0, 0.05) is 23.1 Å². The van der Waals surface area contributed by atoms with Gasteiger partial charge in [-0.3, -0.25) is 28.6 Å². The van der Waals surface area contributed by atoms with Gasteiger partial charge in [0.25, 0.3) is 41.9 Å². The lowest BCUT2D eigenvalue weighted by molar-refractivity contribution is -0.384. The summed E-state index contributed by atoms with van der Waals surface area (Å²) in [6.45, 7) is 0. The average Bonchev–Trinajstić information content (AvgIpc) is 2.70. The van der Waals surface area contributed by atoms with E-state index in [1.807, 2.05) is 0 Å². The fraction of sp³-hybridized carbons (Fsp3) is 0. The number of fused-ring (bicyclic) bond motifs is 1. The quantitative estimate of drug-likeness (QED) is 0.202. The summed E-state index contributed by atoms with van der Waals surface area (Å²) < 4.78 is 98.8. The molecule has 0 aliphatic heterocycles. The second-order valence-electron chi connectivity index (χ2n) is 6.68. The van der Waals surface area contributed by atoms with Gasteiger partial charge in [-0.05, 0) is 35.7 Å². The number of nitro benzene ring substituents is 1. The van der Waals surface area contributed by atoms with E-state index in [1.54, 1.807) is 0 Å². The maximum atomic E-state index is 12.7. The van der Waals surface area contributed by atoms with Crippen molar-refractivity contribution in [3.05, 3.63) is 64.2 Å². The van der Waals surface area contributed by atoms with Gasteiger partial charge in [0.1, 0.15) is 4.90 Å². The number of hydrogen-bond acceptors (Lipinski definition) is 9. The number of nitro groups is 1. The molecule has 0 heterocycles. The van der Waals surface area contributed by atoms with Gasteiger partial charge in [-0.25, -0.2) is 0 Å². The summed E-state index contributed by atoms with van der Waals surface area (Å²) in [4.78, 5) is 19.8. The molecule has 3 aromatic carbocycles. The number of nitrogens with one attached hydrogen (secondary N) is 1. The third-order valence-electron chi connectivity index (χ3n) is 4.40. The molecule has 0 saturated heterocycles. The molecule has 0 bridgehead atoms. The predicted molar refractivity (Wildman–Crippen MR) is 114 cm³/mol. The van der Waals surface area contributed by atoms with E-state index < -0.39 is 78.0 Å². The molecule has 180 valence electrons. The van der Waals surface area contributed by atoms with E-state index >= 15 is 0 Å². The van der Waals surface area contributed by atoms with Crippen LogP contribution in [0.4, 0.5) is 11.4 Å². The van der Waals surface area contributed by atoms with E-state index in [0.717, 1.165) is 18.2 Å². The SMILES string of the molecule is O=C(Nc1cc(S(=O)(=O)O)cc2cc(S(=O)(=O)O)cc(S(=O)(=O)O)c12)c1cccc([N+](=O)[O-])c1. The molecule has 17 heteroatoms. The Kier molecular flexibility index (Phi) is 6.20. The molecule has 0 aliphatic rings. The average molecular weight is 532 g/mol. The van der Waals surface area contributed by atoms with Crippen molar-refractivity contribution in [2.45, 2.75) is 14.7 Å². The first-order valence-electron chi connectivity index (χ1n) is 8.58. The van der Waals surface area contributed by atoms with E-state index in [1.165, 1.54) is 6.07 Å². The lowest BCUT2D eigenvalue weighted by Gasteiger charge is -2.14. The van der Waals surface area contributed by atoms with Gasteiger partial charge in [-0.2, -0.15) is 25.3 Å². The van der Waals surface area contributed by atoms with Crippen LogP contribution in [-0.4, -0.2) is 49.7 Å². The molecule has 0 aliphatic carbocycles. The Hall–Kier alpha value is -3.48. The van der Waals surface area contributed by atoms with E-state index in [-0.39, 0.29) is 5.56 Å². The fourth-order valence-electron chi connectivity index (χ4n) is 2.98. The molecule has 0 aromatic heterocycles. The molecule has 3 rings (SSSR count). The molecule has 1 amide bonds. The number of carbonyl (C=O) groups is 1. The van der Waals surface area contributed by atoms with Crippen LogP contribution in [0.1, 0.15) is 10.4 Å². The molecule has 4 N–H and O–H groups in total. The maximum absolute atomic E-state index is 12.7. The minimum atomic E-state index is -5.23. The van der Waals surface area contributed by atoms with Gasteiger partial charge in [-0.1, -0.05) is 6.07 Å². The van der Waals surface area contributed by atoms with Crippen LogP contribution in [0, 0.1) is 10.1 Å². The van der Waals surface area contributed by atoms with Crippen LogP contribution >= 0.6 is 0 Å². The number of anilines is 1. The second kappa shape index (κ2) is 8.38. The highest BCUT2D eigenvalue weighted by Crippen LogP contribution is 2.35. The number of rotatable bonds is 6. The summed E-state index contributed by atoms with van der Waals surface area (Å²) >= 11 is 0. The van der Waals surface area contributed by atoms with Gasteiger partial charge >= 0.3 is 0 Å². The summed E-state index contributed by atoms with van der Waals surface area (Å²) in [6.07, 6.45) is 0.